The lowest BCUT2D eigenvalue weighted by Gasteiger charge is -2.49. The van der Waals surface area contributed by atoms with Crippen LogP contribution in [0.25, 0.3) is 0 Å². The lowest BCUT2D eigenvalue weighted by Crippen LogP contribution is -2.70. The van der Waals surface area contributed by atoms with E-state index in [1.807, 2.05) is 0 Å². The van der Waals surface area contributed by atoms with Gasteiger partial charge in [-0.05, 0) is 13.8 Å². The average Bonchev–Trinajstić information content (AvgIpc) is 3.22. The first-order valence-electron chi connectivity index (χ1n) is 19.2. The molecule has 0 aromatic heterocycles. The molecule has 5 rings (SSSR count). The molecule has 27 nitrogen and oxygen atoms in total. The highest BCUT2D eigenvalue weighted by atomic mass is 16.8. The van der Waals surface area contributed by atoms with Gasteiger partial charge in [0.1, 0.15) is 116 Å². The van der Waals surface area contributed by atoms with E-state index in [9.17, 15) is 81.4 Å². The second kappa shape index (κ2) is 21.0. The van der Waals surface area contributed by atoms with Crippen molar-refractivity contribution in [1.29, 1.82) is 0 Å². The second-order valence-corrected chi connectivity index (χ2v) is 15.3. The maximum Gasteiger partial charge on any atom is 0.237 e. The Morgan fingerprint density at radius 3 is 1.40 bits per heavy atom. The Bertz CT molecular complexity index is 1360. The molecule has 350 valence electrons. The van der Waals surface area contributed by atoms with Crippen LogP contribution in [-0.2, 0) is 47.4 Å². The average molecular weight is 883 g/mol. The normalized spacial score (nSPS) is 50.9. The number of aliphatic hydroxyl groups is 15. The number of ether oxygens (including phenoxy) is 9. The maximum atomic E-state index is 12.9. The van der Waals surface area contributed by atoms with Crippen molar-refractivity contribution in [2.45, 2.75) is 173 Å². The standard InChI is InChI=1S/C33H58N2O25/c1-7(34)28(50)35-13-27(60-33-25(49)21(45)17(41)12(58-33)6-53-31-23(47)19(43)15(39)9(3-36)56-31)26(10(4-37)55-29(13)51)59-32-24(48)20(44)16(40)11(57-32)5-52-30-22(46)18(42)14(38)8(2)54-30/h7-27,29-33,36-49,51H,3-6,34H2,1-2H3,(H,35,50)/t7-,8-,9+,10+,11+,12+,13+,14-,15+,16+,17+,18+,19-,20-,21-,22+,23+,24+,25+,26-,27+,29-,30+,31-,32+,33-/m0/s1. The molecule has 0 aliphatic carbocycles. The van der Waals surface area contributed by atoms with Crippen LogP contribution < -0.4 is 11.1 Å². The van der Waals surface area contributed by atoms with Gasteiger partial charge in [0.05, 0.1) is 38.6 Å². The van der Waals surface area contributed by atoms with Gasteiger partial charge in [-0.25, -0.2) is 0 Å². The van der Waals surface area contributed by atoms with Crippen molar-refractivity contribution >= 4 is 5.91 Å². The molecule has 0 radical (unpaired) electrons. The largest absolute Gasteiger partial charge is 0.394 e. The Morgan fingerprint density at radius 2 is 0.933 bits per heavy atom. The number of amides is 1. The van der Waals surface area contributed by atoms with E-state index in [2.05, 4.69) is 5.32 Å². The van der Waals surface area contributed by atoms with E-state index in [0.29, 0.717) is 0 Å². The highest BCUT2D eigenvalue weighted by molar-refractivity contribution is 5.81. The van der Waals surface area contributed by atoms with Crippen molar-refractivity contribution < 1.29 is 124 Å². The lowest BCUT2D eigenvalue weighted by molar-refractivity contribution is -0.377. The Kier molecular flexibility index (Phi) is 17.3. The summed E-state index contributed by atoms with van der Waals surface area (Å²) < 4.78 is 50.5. The van der Waals surface area contributed by atoms with Gasteiger partial charge in [0.15, 0.2) is 31.5 Å². The summed E-state index contributed by atoms with van der Waals surface area (Å²) in [5.74, 6) is -0.910. The number of nitrogens with one attached hydrogen (secondary N) is 1. The Labute approximate surface area is 340 Å². The Balaban J connectivity index is 1.38. The van der Waals surface area contributed by atoms with Crippen LogP contribution in [-0.4, -0.2) is 268 Å². The van der Waals surface area contributed by atoms with Crippen LogP contribution in [0.3, 0.4) is 0 Å². The van der Waals surface area contributed by atoms with Crippen LogP contribution in [0, 0.1) is 0 Å². The fraction of sp³-hybridized carbons (Fsp3) is 0.970. The van der Waals surface area contributed by atoms with Gasteiger partial charge in [-0.2, -0.15) is 0 Å². The molecular formula is C33H58N2O25. The van der Waals surface area contributed by atoms with E-state index in [1.54, 1.807) is 0 Å². The van der Waals surface area contributed by atoms with Crippen molar-refractivity contribution in [3.8, 4) is 0 Å². The number of hydrogen-bond donors (Lipinski definition) is 17. The predicted molar refractivity (Wildman–Crippen MR) is 185 cm³/mol. The monoisotopic (exact) mass is 882 g/mol. The van der Waals surface area contributed by atoms with Gasteiger partial charge in [-0.3, -0.25) is 4.79 Å². The summed E-state index contributed by atoms with van der Waals surface area (Å²) in [5.41, 5.74) is 5.73. The van der Waals surface area contributed by atoms with Crippen LogP contribution in [0.4, 0.5) is 0 Å². The summed E-state index contributed by atoms with van der Waals surface area (Å²) >= 11 is 0. The van der Waals surface area contributed by atoms with Gasteiger partial charge in [0.25, 0.3) is 0 Å². The fourth-order valence-electron chi connectivity index (χ4n) is 7.22. The number of carbonyl (C=O) groups is 1. The van der Waals surface area contributed by atoms with Crippen molar-refractivity contribution in [3.63, 3.8) is 0 Å². The Hall–Kier alpha value is -1.53. The third-order valence-corrected chi connectivity index (χ3v) is 11.0. The zero-order valence-electron chi connectivity index (χ0n) is 32.2. The van der Waals surface area contributed by atoms with Crippen LogP contribution >= 0.6 is 0 Å². The van der Waals surface area contributed by atoms with Crippen molar-refractivity contribution in [1.82, 2.24) is 5.32 Å². The topological polar surface area (TPSA) is 442 Å². The smallest absolute Gasteiger partial charge is 0.237 e. The number of carbonyl (C=O) groups excluding carboxylic acids is 1. The minimum absolute atomic E-state index is 0.701. The van der Waals surface area contributed by atoms with E-state index in [1.165, 1.54) is 13.8 Å². The van der Waals surface area contributed by atoms with Gasteiger partial charge < -0.3 is 130 Å². The SMILES string of the molecule is C[C@H](N)C(=O)N[C@@H]1[C@@H](O[C@@H]2O[C@H](CO[C@H]3O[C@H](CO)[C@@H](O)[C@H](O)[C@H]3O)[C@@H](O)[C@H](O)[C@H]2O)[C@@H](O[C@H]2O[C@H](CO[C@@H]3O[C@@H](C)[C@H](O)[C@@H](O)[C@H]3O)[C@@H](O)[C@H](O)[C@H]2O)[C@@H](CO)O[C@@H]1O. The minimum Gasteiger partial charge on any atom is -0.394 e. The third-order valence-electron chi connectivity index (χ3n) is 11.0. The van der Waals surface area contributed by atoms with E-state index in [-0.39, 0.29) is 0 Å². The molecule has 0 saturated carbocycles. The number of rotatable bonds is 14. The minimum atomic E-state index is -2.13. The molecule has 0 bridgehead atoms. The first-order valence-corrected chi connectivity index (χ1v) is 19.2. The van der Waals surface area contributed by atoms with E-state index < -0.39 is 192 Å². The van der Waals surface area contributed by atoms with Crippen molar-refractivity contribution in [2.24, 2.45) is 5.73 Å². The van der Waals surface area contributed by atoms with Gasteiger partial charge in [-0.1, -0.05) is 0 Å². The fourth-order valence-corrected chi connectivity index (χ4v) is 7.22. The van der Waals surface area contributed by atoms with Crippen LogP contribution in [0.15, 0.2) is 0 Å². The summed E-state index contributed by atoms with van der Waals surface area (Å²) in [7, 11) is 0. The molecule has 5 aliphatic heterocycles. The highest BCUT2D eigenvalue weighted by Crippen LogP contribution is 2.34. The number of nitrogens with two attached hydrogens (primary N) is 1. The quantitative estimate of drug-likeness (QED) is 0.0770. The molecule has 0 aromatic rings. The molecule has 0 aromatic carbocycles. The number of hydrogen-bond acceptors (Lipinski definition) is 26. The first-order chi connectivity index (χ1) is 28.2. The second-order valence-electron chi connectivity index (χ2n) is 15.3. The van der Waals surface area contributed by atoms with Crippen molar-refractivity contribution in [3.05, 3.63) is 0 Å². The molecule has 27 heteroatoms. The van der Waals surface area contributed by atoms with Gasteiger partial charge >= 0.3 is 0 Å². The van der Waals surface area contributed by atoms with E-state index in [0.717, 1.165) is 0 Å². The molecule has 18 N–H and O–H groups in total. The molecule has 0 spiro atoms. The van der Waals surface area contributed by atoms with Crippen LogP contribution in [0.1, 0.15) is 13.8 Å². The van der Waals surface area contributed by atoms with E-state index in [4.69, 9.17) is 48.4 Å². The maximum absolute atomic E-state index is 12.9. The zero-order valence-corrected chi connectivity index (χ0v) is 32.2. The van der Waals surface area contributed by atoms with Crippen molar-refractivity contribution in [2.75, 3.05) is 26.4 Å². The highest BCUT2D eigenvalue weighted by Gasteiger charge is 2.55. The van der Waals surface area contributed by atoms with E-state index >= 15 is 0 Å². The molecule has 5 heterocycles. The molecular weight excluding hydrogens is 824 g/mol. The summed E-state index contributed by atoms with van der Waals surface area (Å²) in [6.07, 6.45) is -42.9. The van der Waals surface area contributed by atoms with Gasteiger partial charge in [0, 0.05) is 0 Å². The molecule has 5 fully saturated rings. The number of aliphatic hydroxyl groups excluding tert-OH is 15. The van der Waals surface area contributed by atoms with Crippen LogP contribution in [0.2, 0.25) is 0 Å². The summed E-state index contributed by atoms with van der Waals surface area (Å²) in [6.45, 7) is -0.595. The first kappa shape index (κ1) is 49.5. The predicted octanol–water partition coefficient (Wildman–Crippen LogP) is -11.4. The van der Waals surface area contributed by atoms with Gasteiger partial charge in [-0.15, -0.1) is 0 Å². The summed E-state index contributed by atoms with van der Waals surface area (Å²) in [4.78, 5) is 12.9. The molecule has 5 saturated heterocycles. The third kappa shape index (κ3) is 10.5. The Morgan fingerprint density at radius 1 is 0.533 bits per heavy atom. The lowest BCUT2D eigenvalue weighted by atomic mass is 9.94. The summed E-state index contributed by atoms with van der Waals surface area (Å²) in [5, 5.41) is 160. The molecule has 60 heavy (non-hydrogen) atoms. The molecule has 0 unspecified atom stereocenters. The van der Waals surface area contributed by atoms with Gasteiger partial charge in [0.2, 0.25) is 5.91 Å². The zero-order chi connectivity index (χ0) is 44.5. The van der Waals surface area contributed by atoms with Crippen LogP contribution in [0.5, 0.6) is 0 Å². The summed E-state index contributed by atoms with van der Waals surface area (Å²) in [6, 6.07) is -2.96. The molecule has 5 aliphatic rings. The molecule has 26 atom stereocenters. The molecule has 1 amide bonds.